The Labute approximate surface area is 210 Å². The highest BCUT2D eigenvalue weighted by Gasteiger charge is 2.23. The van der Waals surface area contributed by atoms with Gasteiger partial charge in [-0.3, -0.25) is 9.59 Å². The average molecular weight is 505 g/mol. The summed E-state index contributed by atoms with van der Waals surface area (Å²) in [4.78, 5) is 27.3. The van der Waals surface area contributed by atoms with Gasteiger partial charge in [0, 0.05) is 15.5 Å². The largest absolute Gasteiger partial charge is 0.476 e. The summed E-state index contributed by atoms with van der Waals surface area (Å²) in [6.07, 6.45) is 3.89. The van der Waals surface area contributed by atoms with Gasteiger partial charge in [0.1, 0.15) is 16.7 Å². The van der Waals surface area contributed by atoms with Crippen LogP contribution in [0, 0.1) is 18.3 Å². The quantitative estimate of drug-likeness (QED) is 0.346. The summed E-state index contributed by atoms with van der Waals surface area (Å²) >= 11 is 7.54. The summed E-state index contributed by atoms with van der Waals surface area (Å²) in [7, 11) is 0. The van der Waals surface area contributed by atoms with Crippen molar-refractivity contribution in [3.05, 3.63) is 79.3 Å². The van der Waals surface area contributed by atoms with Crippen molar-refractivity contribution in [2.45, 2.75) is 32.6 Å². The number of hydrogen-bond acceptors (Lipinski definition) is 6. The summed E-state index contributed by atoms with van der Waals surface area (Å²) < 4.78 is 11.8. The number of aryl methyl sites for hydroxylation is 2. The predicted molar refractivity (Wildman–Crippen MR) is 137 cm³/mol. The molecule has 6 nitrogen and oxygen atoms in total. The summed E-state index contributed by atoms with van der Waals surface area (Å²) in [5.74, 6) is -0.285. The summed E-state index contributed by atoms with van der Waals surface area (Å²) in [5, 5.41) is 13.6. The molecule has 8 heteroatoms. The van der Waals surface area contributed by atoms with Crippen LogP contribution in [0.4, 0.5) is 5.00 Å². The molecule has 0 fully saturated rings. The SMILES string of the molecule is Cc1ccc(-c2oc3ccc(Cl)cc3c(=O)c2OCC(=O)Nc2sc3c(c2C#N)CCCC3)cc1. The molecule has 0 saturated heterocycles. The number of anilines is 1. The molecule has 0 radical (unpaired) electrons. The van der Waals surface area contributed by atoms with Crippen molar-refractivity contribution in [1.82, 2.24) is 0 Å². The summed E-state index contributed by atoms with van der Waals surface area (Å²) in [5.41, 5.74) is 3.22. The molecule has 1 N–H and O–H groups in total. The number of halogens is 1. The normalized spacial score (nSPS) is 12.7. The van der Waals surface area contributed by atoms with Crippen molar-refractivity contribution in [2.24, 2.45) is 0 Å². The Morgan fingerprint density at radius 2 is 1.97 bits per heavy atom. The fraction of sp³-hybridized carbons (Fsp3) is 0.222. The Morgan fingerprint density at radius 3 is 2.74 bits per heavy atom. The summed E-state index contributed by atoms with van der Waals surface area (Å²) in [6.45, 7) is 1.55. The molecule has 2 heterocycles. The number of amides is 1. The molecule has 4 aromatic rings. The van der Waals surface area contributed by atoms with Crippen molar-refractivity contribution in [3.8, 4) is 23.1 Å². The monoisotopic (exact) mass is 504 g/mol. The third kappa shape index (κ3) is 4.55. The third-order valence-electron chi connectivity index (χ3n) is 6.01. The van der Waals surface area contributed by atoms with Crippen LogP contribution in [0.3, 0.4) is 0 Å². The van der Waals surface area contributed by atoms with Crippen LogP contribution in [0.2, 0.25) is 5.02 Å². The number of hydrogen-bond donors (Lipinski definition) is 1. The van der Waals surface area contributed by atoms with E-state index in [0.717, 1.165) is 41.7 Å². The van der Waals surface area contributed by atoms with E-state index in [2.05, 4.69) is 11.4 Å². The maximum atomic E-state index is 13.3. The number of rotatable bonds is 5. The first kappa shape index (κ1) is 23.2. The van der Waals surface area contributed by atoms with E-state index in [1.54, 1.807) is 12.1 Å². The van der Waals surface area contributed by atoms with Gasteiger partial charge in [-0.25, -0.2) is 0 Å². The first-order valence-electron chi connectivity index (χ1n) is 11.3. The van der Waals surface area contributed by atoms with Crippen LogP contribution in [-0.4, -0.2) is 12.5 Å². The van der Waals surface area contributed by atoms with Crippen LogP contribution in [0.15, 0.2) is 51.7 Å². The van der Waals surface area contributed by atoms with Gasteiger partial charge in [0.2, 0.25) is 11.2 Å². The van der Waals surface area contributed by atoms with Crippen LogP contribution in [0.1, 0.15) is 34.4 Å². The van der Waals surface area contributed by atoms with E-state index in [0.29, 0.717) is 26.7 Å². The van der Waals surface area contributed by atoms with Gasteiger partial charge in [-0.1, -0.05) is 41.4 Å². The Balaban J connectivity index is 1.46. The Hall–Kier alpha value is -3.60. The number of nitriles is 1. The molecule has 2 aromatic carbocycles. The van der Waals surface area contributed by atoms with Crippen molar-refractivity contribution < 1.29 is 13.9 Å². The van der Waals surface area contributed by atoms with E-state index in [1.807, 2.05) is 31.2 Å². The summed E-state index contributed by atoms with van der Waals surface area (Å²) in [6, 6.07) is 14.5. The van der Waals surface area contributed by atoms with E-state index in [9.17, 15) is 14.9 Å². The molecule has 176 valence electrons. The van der Waals surface area contributed by atoms with Crippen LogP contribution >= 0.6 is 22.9 Å². The molecule has 1 amide bonds. The number of nitrogens with zero attached hydrogens (tertiary/aromatic N) is 1. The van der Waals surface area contributed by atoms with E-state index in [1.165, 1.54) is 17.4 Å². The molecule has 5 rings (SSSR count). The lowest BCUT2D eigenvalue weighted by atomic mass is 9.96. The van der Waals surface area contributed by atoms with Gasteiger partial charge in [0.25, 0.3) is 5.91 Å². The molecule has 0 saturated carbocycles. The van der Waals surface area contributed by atoms with Gasteiger partial charge in [-0.2, -0.15) is 5.26 Å². The number of carbonyl (C=O) groups is 1. The minimum absolute atomic E-state index is 0.0650. The minimum Gasteiger partial charge on any atom is -0.476 e. The molecular weight excluding hydrogens is 484 g/mol. The molecule has 0 aliphatic heterocycles. The minimum atomic E-state index is -0.458. The maximum absolute atomic E-state index is 13.3. The molecule has 1 aliphatic rings. The van der Waals surface area contributed by atoms with E-state index in [4.69, 9.17) is 20.8 Å². The van der Waals surface area contributed by atoms with Crippen molar-refractivity contribution >= 4 is 44.8 Å². The van der Waals surface area contributed by atoms with E-state index < -0.39 is 17.9 Å². The highest BCUT2D eigenvalue weighted by atomic mass is 35.5. The first-order chi connectivity index (χ1) is 16.9. The lowest BCUT2D eigenvalue weighted by molar-refractivity contribution is -0.118. The molecule has 0 spiro atoms. The first-order valence-corrected chi connectivity index (χ1v) is 12.4. The van der Waals surface area contributed by atoms with Gasteiger partial charge in [-0.05, 0) is 56.4 Å². The van der Waals surface area contributed by atoms with Crippen molar-refractivity contribution in [1.29, 1.82) is 5.26 Å². The topological polar surface area (TPSA) is 92.3 Å². The van der Waals surface area contributed by atoms with Crippen LogP contribution in [0.25, 0.3) is 22.3 Å². The standard InChI is InChI=1S/C27H21ClN2O4S/c1-15-6-8-16(9-7-15)25-26(24(32)19-12-17(28)10-11-21(19)34-25)33-14-23(31)30-27-20(13-29)18-4-2-3-5-22(18)35-27/h6-12H,2-5,14H2,1H3,(H,30,31). The number of nitrogens with one attached hydrogen (secondary N) is 1. The fourth-order valence-corrected chi connectivity index (χ4v) is 5.68. The number of thiophene rings is 1. The zero-order chi connectivity index (χ0) is 24.5. The maximum Gasteiger partial charge on any atom is 0.262 e. The highest BCUT2D eigenvalue weighted by Crippen LogP contribution is 2.38. The molecular formula is C27H21ClN2O4S. The predicted octanol–water partition coefficient (Wildman–Crippen LogP) is 6.25. The molecule has 2 aromatic heterocycles. The number of carbonyl (C=O) groups excluding carboxylic acids is 1. The lowest BCUT2D eigenvalue weighted by Crippen LogP contribution is -2.22. The molecule has 1 aliphatic carbocycles. The van der Waals surface area contributed by atoms with E-state index in [-0.39, 0.29) is 16.9 Å². The van der Waals surface area contributed by atoms with Crippen LogP contribution < -0.4 is 15.5 Å². The van der Waals surface area contributed by atoms with E-state index >= 15 is 0 Å². The Bertz CT molecular complexity index is 1550. The van der Waals surface area contributed by atoms with Crippen LogP contribution in [0.5, 0.6) is 5.75 Å². The van der Waals surface area contributed by atoms with Crippen LogP contribution in [-0.2, 0) is 17.6 Å². The van der Waals surface area contributed by atoms with Gasteiger partial charge in [-0.15, -0.1) is 11.3 Å². The molecule has 0 bridgehead atoms. The second kappa shape index (κ2) is 9.57. The van der Waals surface area contributed by atoms with Gasteiger partial charge >= 0.3 is 0 Å². The molecule has 0 atom stereocenters. The Kier molecular flexibility index (Phi) is 6.33. The van der Waals surface area contributed by atoms with Gasteiger partial charge in [0.15, 0.2) is 12.4 Å². The fourth-order valence-electron chi connectivity index (χ4n) is 4.25. The molecule has 0 unspecified atom stereocenters. The number of ether oxygens (including phenoxy) is 1. The average Bonchev–Trinajstić information content (AvgIpc) is 3.21. The second-order valence-electron chi connectivity index (χ2n) is 8.46. The zero-order valence-electron chi connectivity index (χ0n) is 18.9. The number of fused-ring (bicyclic) bond motifs is 2. The second-order valence-corrected chi connectivity index (χ2v) is 10.0. The third-order valence-corrected chi connectivity index (χ3v) is 7.45. The lowest BCUT2D eigenvalue weighted by Gasteiger charge is -2.12. The zero-order valence-corrected chi connectivity index (χ0v) is 20.5. The Morgan fingerprint density at radius 1 is 1.20 bits per heavy atom. The van der Waals surface area contributed by atoms with Crippen molar-refractivity contribution in [3.63, 3.8) is 0 Å². The molecule has 35 heavy (non-hydrogen) atoms. The van der Waals surface area contributed by atoms with Crippen molar-refractivity contribution in [2.75, 3.05) is 11.9 Å². The highest BCUT2D eigenvalue weighted by molar-refractivity contribution is 7.16. The number of benzene rings is 2. The van der Waals surface area contributed by atoms with Gasteiger partial charge < -0.3 is 14.5 Å². The smallest absolute Gasteiger partial charge is 0.262 e. The van der Waals surface area contributed by atoms with Gasteiger partial charge in [0.05, 0.1) is 10.9 Å².